The van der Waals surface area contributed by atoms with Crippen LogP contribution in [0.5, 0.6) is 0 Å². The third-order valence-electron chi connectivity index (χ3n) is 2.71. The molecule has 0 spiro atoms. The highest BCUT2D eigenvalue weighted by atomic mass is 32.1. The zero-order valence-electron chi connectivity index (χ0n) is 10.1. The lowest BCUT2D eigenvalue weighted by Gasteiger charge is -2.11. The van der Waals surface area contributed by atoms with E-state index in [1.165, 1.54) is 5.56 Å². The summed E-state index contributed by atoms with van der Waals surface area (Å²) in [5.41, 5.74) is 3.48. The van der Waals surface area contributed by atoms with Crippen molar-refractivity contribution in [2.75, 3.05) is 7.11 Å². The first-order valence-corrected chi connectivity index (χ1v) is 6.40. The van der Waals surface area contributed by atoms with E-state index in [0.717, 1.165) is 22.6 Å². The molecule has 0 aliphatic heterocycles. The van der Waals surface area contributed by atoms with Gasteiger partial charge in [-0.1, -0.05) is 25.6 Å². The normalized spacial score (nSPS) is 10.2. The van der Waals surface area contributed by atoms with Crippen molar-refractivity contribution in [1.29, 1.82) is 0 Å². The van der Waals surface area contributed by atoms with Gasteiger partial charge in [-0.2, -0.15) is 0 Å². The third-order valence-corrected chi connectivity index (χ3v) is 3.53. The number of aryl methyl sites for hydroxylation is 1. The van der Waals surface area contributed by atoms with Gasteiger partial charge in [0.2, 0.25) is 0 Å². The molecule has 88 valence electrons. The molecule has 0 unspecified atom stereocenters. The Morgan fingerprint density at radius 3 is 2.88 bits per heavy atom. The minimum atomic E-state index is 0.715. The average molecular weight is 245 g/mol. The highest BCUT2D eigenvalue weighted by molar-refractivity contribution is 7.13. The van der Waals surface area contributed by atoms with Crippen LogP contribution in [0, 0.1) is 0 Å². The quantitative estimate of drug-likeness (QED) is 0.760. The molecule has 0 amide bonds. The van der Waals surface area contributed by atoms with Crippen LogP contribution < -0.4 is 0 Å². The van der Waals surface area contributed by atoms with E-state index in [1.54, 1.807) is 18.4 Å². The van der Waals surface area contributed by atoms with Gasteiger partial charge in [0, 0.05) is 22.7 Å². The number of methoxy groups -OCH3 is 1. The highest BCUT2D eigenvalue weighted by Crippen LogP contribution is 2.27. The number of aromatic nitrogens is 1. The number of hydrogen-bond donors (Lipinski definition) is 0. The SMILES string of the molecule is C=C(OC)c1ccc(-c2nccs2)cc1CC. The summed E-state index contributed by atoms with van der Waals surface area (Å²) in [5.74, 6) is 0.715. The molecular weight excluding hydrogens is 230 g/mol. The Morgan fingerprint density at radius 2 is 2.29 bits per heavy atom. The lowest BCUT2D eigenvalue weighted by Crippen LogP contribution is -1.94. The minimum absolute atomic E-state index is 0.715. The Kier molecular flexibility index (Phi) is 3.59. The summed E-state index contributed by atoms with van der Waals surface area (Å²) in [6.45, 7) is 6.04. The zero-order chi connectivity index (χ0) is 12.3. The van der Waals surface area contributed by atoms with E-state index in [-0.39, 0.29) is 0 Å². The Balaban J connectivity index is 2.44. The van der Waals surface area contributed by atoms with Crippen molar-refractivity contribution < 1.29 is 4.74 Å². The van der Waals surface area contributed by atoms with E-state index in [2.05, 4.69) is 36.7 Å². The predicted molar refractivity (Wildman–Crippen MR) is 73.0 cm³/mol. The molecular formula is C14H15NOS. The maximum absolute atomic E-state index is 5.20. The summed E-state index contributed by atoms with van der Waals surface area (Å²) in [6, 6.07) is 6.29. The average Bonchev–Trinajstić information content (AvgIpc) is 2.91. The molecule has 2 nitrogen and oxygen atoms in total. The van der Waals surface area contributed by atoms with Gasteiger partial charge in [0.1, 0.15) is 10.8 Å². The molecule has 0 aliphatic carbocycles. The van der Waals surface area contributed by atoms with Gasteiger partial charge in [0.15, 0.2) is 0 Å². The standard InChI is InChI=1S/C14H15NOS/c1-4-11-9-12(14-15-7-8-17-14)5-6-13(11)10(2)16-3/h5-9H,2,4H2,1,3H3. The van der Waals surface area contributed by atoms with Crippen molar-refractivity contribution in [3.63, 3.8) is 0 Å². The number of benzene rings is 1. The van der Waals surface area contributed by atoms with Crippen LogP contribution in [0.4, 0.5) is 0 Å². The van der Waals surface area contributed by atoms with Crippen molar-refractivity contribution in [2.45, 2.75) is 13.3 Å². The van der Waals surface area contributed by atoms with E-state index in [4.69, 9.17) is 4.74 Å². The van der Waals surface area contributed by atoms with Gasteiger partial charge in [0.25, 0.3) is 0 Å². The van der Waals surface area contributed by atoms with Crippen LogP contribution in [0.2, 0.25) is 0 Å². The number of nitrogens with zero attached hydrogens (tertiary/aromatic N) is 1. The fourth-order valence-electron chi connectivity index (χ4n) is 1.77. The first-order valence-electron chi connectivity index (χ1n) is 5.52. The summed E-state index contributed by atoms with van der Waals surface area (Å²) >= 11 is 1.65. The van der Waals surface area contributed by atoms with Gasteiger partial charge in [-0.25, -0.2) is 4.98 Å². The number of hydrogen-bond acceptors (Lipinski definition) is 3. The maximum atomic E-state index is 5.20. The van der Waals surface area contributed by atoms with E-state index < -0.39 is 0 Å². The molecule has 1 aromatic heterocycles. The molecule has 3 heteroatoms. The molecule has 0 fully saturated rings. The molecule has 1 heterocycles. The summed E-state index contributed by atoms with van der Waals surface area (Å²) in [6.07, 6.45) is 2.78. The van der Waals surface area contributed by atoms with Gasteiger partial charge in [0.05, 0.1) is 7.11 Å². The Bertz CT molecular complexity index is 517. The van der Waals surface area contributed by atoms with E-state index in [0.29, 0.717) is 5.76 Å². The minimum Gasteiger partial charge on any atom is -0.497 e. The molecule has 0 radical (unpaired) electrons. The topological polar surface area (TPSA) is 22.1 Å². The Morgan fingerprint density at radius 1 is 1.47 bits per heavy atom. The van der Waals surface area contributed by atoms with Gasteiger partial charge in [-0.05, 0) is 18.1 Å². The molecule has 0 atom stereocenters. The van der Waals surface area contributed by atoms with Crippen molar-refractivity contribution in [2.24, 2.45) is 0 Å². The lowest BCUT2D eigenvalue weighted by atomic mass is 10.0. The van der Waals surface area contributed by atoms with Crippen molar-refractivity contribution in [3.8, 4) is 10.6 Å². The molecule has 0 saturated carbocycles. The van der Waals surface area contributed by atoms with E-state index in [1.807, 2.05) is 11.6 Å². The molecule has 0 aliphatic rings. The fourth-order valence-corrected chi connectivity index (χ4v) is 2.40. The molecule has 17 heavy (non-hydrogen) atoms. The second-order valence-electron chi connectivity index (χ2n) is 3.69. The van der Waals surface area contributed by atoms with Crippen LogP contribution in [-0.2, 0) is 11.2 Å². The van der Waals surface area contributed by atoms with Crippen LogP contribution in [0.15, 0.2) is 36.4 Å². The van der Waals surface area contributed by atoms with Gasteiger partial charge >= 0.3 is 0 Å². The van der Waals surface area contributed by atoms with E-state index >= 15 is 0 Å². The van der Waals surface area contributed by atoms with Crippen LogP contribution in [0.25, 0.3) is 16.3 Å². The smallest absolute Gasteiger partial charge is 0.123 e. The third kappa shape index (κ3) is 2.39. The maximum Gasteiger partial charge on any atom is 0.123 e. The van der Waals surface area contributed by atoms with E-state index in [9.17, 15) is 0 Å². The molecule has 1 aromatic carbocycles. The monoisotopic (exact) mass is 245 g/mol. The second kappa shape index (κ2) is 5.15. The Labute approximate surface area is 106 Å². The van der Waals surface area contributed by atoms with Gasteiger partial charge < -0.3 is 4.74 Å². The van der Waals surface area contributed by atoms with Gasteiger partial charge in [-0.3, -0.25) is 0 Å². The number of thiazole rings is 1. The fraction of sp³-hybridized carbons (Fsp3) is 0.214. The first kappa shape index (κ1) is 11.9. The van der Waals surface area contributed by atoms with Crippen LogP contribution in [0.1, 0.15) is 18.1 Å². The van der Waals surface area contributed by atoms with Crippen molar-refractivity contribution >= 4 is 17.1 Å². The number of rotatable bonds is 4. The molecule has 2 aromatic rings. The summed E-state index contributed by atoms with van der Waals surface area (Å²) in [7, 11) is 1.65. The summed E-state index contributed by atoms with van der Waals surface area (Å²) in [4.78, 5) is 4.32. The summed E-state index contributed by atoms with van der Waals surface area (Å²) < 4.78 is 5.20. The first-order chi connectivity index (χ1) is 8.26. The predicted octanol–water partition coefficient (Wildman–Crippen LogP) is 3.99. The van der Waals surface area contributed by atoms with Gasteiger partial charge in [-0.15, -0.1) is 11.3 Å². The summed E-state index contributed by atoms with van der Waals surface area (Å²) in [5, 5.41) is 3.04. The number of ether oxygens (including phenoxy) is 1. The van der Waals surface area contributed by atoms with Crippen LogP contribution in [-0.4, -0.2) is 12.1 Å². The Hall–Kier alpha value is -1.61. The van der Waals surface area contributed by atoms with Crippen molar-refractivity contribution in [1.82, 2.24) is 4.98 Å². The lowest BCUT2D eigenvalue weighted by molar-refractivity contribution is 0.371. The largest absolute Gasteiger partial charge is 0.497 e. The molecule has 0 saturated heterocycles. The second-order valence-corrected chi connectivity index (χ2v) is 4.58. The molecule has 0 bridgehead atoms. The zero-order valence-corrected chi connectivity index (χ0v) is 10.9. The highest BCUT2D eigenvalue weighted by Gasteiger charge is 2.08. The molecule has 2 rings (SSSR count). The van der Waals surface area contributed by atoms with Crippen LogP contribution in [0.3, 0.4) is 0 Å². The van der Waals surface area contributed by atoms with Crippen molar-refractivity contribution in [3.05, 3.63) is 47.5 Å². The molecule has 0 N–H and O–H groups in total. The van der Waals surface area contributed by atoms with Crippen LogP contribution >= 0.6 is 11.3 Å².